The van der Waals surface area contributed by atoms with Crippen LogP contribution in [0.4, 0.5) is 10.1 Å². The van der Waals surface area contributed by atoms with Crippen LogP contribution in [0, 0.1) is 10.6 Å². The van der Waals surface area contributed by atoms with E-state index in [1.54, 1.807) is 0 Å². The molecule has 0 unspecified atom stereocenters. The lowest BCUT2D eigenvalue weighted by Gasteiger charge is -2.10. The van der Waals surface area contributed by atoms with Crippen molar-refractivity contribution in [2.24, 2.45) is 0 Å². The Morgan fingerprint density at radius 3 is 2.67 bits per heavy atom. The molecule has 0 aliphatic heterocycles. The van der Waals surface area contributed by atoms with Crippen LogP contribution in [0.2, 0.25) is 0 Å². The largest absolute Gasteiger partial charge is 0.345 e. The molecule has 156 valence electrons. The van der Waals surface area contributed by atoms with E-state index in [9.17, 15) is 17.6 Å². The van der Waals surface area contributed by atoms with Gasteiger partial charge in [-0.15, -0.1) is 0 Å². The minimum Gasteiger partial charge on any atom is -0.345 e. The number of amides is 1. The average Bonchev–Trinajstić information content (AvgIpc) is 3.50. The van der Waals surface area contributed by atoms with Crippen LogP contribution in [0.15, 0.2) is 53.4 Å². The Morgan fingerprint density at radius 2 is 1.97 bits per heavy atom. The number of benzene rings is 2. The van der Waals surface area contributed by atoms with Crippen LogP contribution in [0.3, 0.4) is 0 Å². The SMILES string of the molecule is O=C(NCc1n[nH]c(=S)n1C1CC1)c1cccc(S(=O)(=O)Nc2ccc(F)cc2)c1. The Labute approximate surface area is 177 Å². The first-order chi connectivity index (χ1) is 14.3. The van der Waals surface area contributed by atoms with Crippen molar-refractivity contribution in [1.29, 1.82) is 0 Å². The summed E-state index contributed by atoms with van der Waals surface area (Å²) in [5.74, 6) is -0.289. The Morgan fingerprint density at radius 1 is 1.23 bits per heavy atom. The molecule has 3 aromatic rings. The van der Waals surface area contributed by atoms with Gasteiger partial charge in [0.05, 0.1) is 11.4 Å². The average molecular weight is 448 g/mol. The first kappa shape index (κ1) is 20.2. The number of sulfonamides is 1. The van der Waals surface area contributed by atoms with Gasteiger partial charge in [-0.25, -0.2) is 12.8 Å². The normalized spacial score (nSPS) is 13.8. The van der Waals surface area contributed by atoms with Crippen molar-refractivity contribution in [3.05, 3.63) is 70.5 Å². The second-order valence-corrected chi connectivity index (χ2v) is 8.94. The number of carbonyl (C=O) groups is 1. The Hall–Kier alpha value is -3.05. The number of hydrogen-bond acceptors (Lipinski definition) is 5. The first-order valence-corrected chi connectivity index (χ1v) is 11.0. The number of anilines is 1. The number of H-pyrrole nitrogens is 1. The summed E-state index contributed by atoms with van der Waals surface area (Å²) in [4.78, 5) is 12.5. The van der Waals surface area contributed by atoms with Crippen LogP contribution in [-0.2, 0) is 16.6 Å². The number of halogens is 1. The van der Waals surface area contributed by atoms with Crippen LogP contribution >= 0.6 is 12.2 Å². The molecular formula is C19H18FN5O3S2. The van der Waals surface area contributed by atoms with E-state index < -0.39 is 21.7 Å². The topological polar surface area (TPSA) is 109 Å². The van der Waals surface area contributed by atoms with E-state index in [-0.39, 0.29) is 22.7 Å². The summed E-state index contributed by atoms with van der Waals surface area (Å²) in [5, 5.41) is 9.62. The summed E-state index contributed by atoms with van der Waals surface area (Å²) >= 11 is 5.22. The number of rotatable bonds is 7. The van der Waals surface area contributed by atoms with Crippen molar-refractivity contribution in [2.75, 3.05) is 4.72 Å². The third-order valence-electron chi connectivity index (χ3n) is 4.60. The number of nitrogens with one attached hydrogen (secondary N) is 3. The van der Waals surface area contributed by atoms with Gasteiger partial charge in [-0.1, -0.05) is 6.07 Å². The number of aromatic amines is 1. The molecule has 0 saturated heterocycles. The van der Waals surface area contributed by atoms with Gasteiger partial charge in [0.15, 0.2) is 10.6 Å². The minimum absolute atomic E-state index is 0.0832. The molecule has 11 heteroatoms. The monoisotopic (exact) mass is 447 g/mol. The lowest BCUT2D eigenvalue weighted by Crippen LogP contribution is -2.25. The lowest BCUT2D eigenvalue weighted by atomic mass is 10.2. The van der Waals surface area contributed by atoms with E-state index in [1.165, 1.54) is 36.4 Å². The molecule has 1 heterocycles. The predicted molar refractivity (Wildman–Crippen MR) is 111 cm³/mol. The predicted octanol–water partition coefficient (Wildman–Crippen LogP) is 3.15. The highest BCUT2D eigenvalue weighted by molar-refractivity contribution is 7.92. The molecule has 1 amide bonds. The number of hydrogen-bond donors (Lipinski definition) is 3. The van der Waals surface area contributed by atoms with E-state index in [4.69, 9.17) is 12.2 Å². The van der Waals surface area contributed by atoms with Crippen LogP contribution in [-0.4, -0.2) is 29.1 Å². The molecule has 8 nitrogen and oxygen atoms in total. The molecule has 1 saturated carbocycles. The molecule has 2 aromatic carbocycles. The van der Waals surface area contributed by atoms with E-state index in [0.717, 1.165) is 25.0 Å². The number of aromatic nitrogens is 3. The van der Waals surface area contributed by atoms with Gasteiger partial charge in [0.1, 0.15) is 5.82 Å². The number of carbonyl (C=O) groups excluding carboxylic acids is 1. The van der Waals surface area contributed by atoms with Crippen molar-refractivity contribution >= 4 is 33.8 Å². The van der Waals surface area contributed by atoms with Gasteiger partial charge in [0.2, 0.25) is 0 Å². The lowest BCUT2D eigenvalue weighted by molar-refractivity contribution is 0.0949. The molecule has 30 heavy (non-hydrogen) atoms. The van der Waals surface area contributed by atoms with Gasteiger partial charge in [0.25, 0.3) is 15.9 Å². The van der Waals surface area contributed by atoms with Crippen LogP contribution in [0.1, 0.15) is 35.1 Å². The summed E-state index contributed by atoms with van der Waals surface area (Å²) < 4.78 is 43.0. The van der Waals surface area contributed by atoms with Crippen molar-refractivity contribution in [2.45, 2.75) is 30.3 Å². The van der Waals surface area contributed by atoms with Crippen molar-refractivity contribution in [3.63, 3.8) is 0 Å². The minimum atomic E-state index is -3.94. The zero-order chi connectivity index (χ0) is 21.3. The van der Waals surface area contributed by atoms with Gasteiger partial charge < -0.3 is 5.32 Å². The summed E-state index contributed by atoms with van der Waals surface area (Å²) in [6.45, 7) is 0.160. The fourth-order valence-electron chi connectivity index (χ4n) is 2.97. The van der Waals surface area contributed by atoms with Crippen molar-refractivity contribution in [1.82, 2.24) is 20.1 Å². The zero-order valence-electron chi connectivity index (χ0n) is 15.6. The van der Waals surface area contributed by atoms with Crippen molar-refractivity contribution < 1.29 is 17.6 Å². The maximum Gasteiger partial charge on any atom is 0.261 e. The second-order valence-electron chi connectivity index (χ2n) is 6.87. The quantitative estimate of drug-likeness (QED) is 0.482. The first-order valence-electron chi connectivity index (χ1n) is 9.16. The smallest absolute Gasteiger partial charge is 0.261 e. The molecule has 0 radical (unpaired) electrons. The maximum absolute atomic E-state index is 13.0. The van der Waals surface area contributed by atoms with E-state index in [0.29, 0.717) is 16.6 Å². The summed E-state index contributed by atoms with van der Waals surface area (Å²) in [6, 6.07) is 10.9. The third-order valence-corrected chi connectivity index (χ3v) is 6.27. The zero-order valence-corrected chi connectivity index (χ0v) is 17.3. The molecule has 3 N–H and O–H groups in total. The van der Waals surface area contributed by atoms with Crippen LogP contribution in [0.5, 0.6) is 0 Å². The molecule has 0 atom stereocenters. The number of nitrogens with zero attached hydrogens (tertiary/aromatic N) is 2. The Kier molecular flexibility index (Phi) is 5.39. The molecule has 1 fully saturated rings. The fourth-order valence-corrected chi connectivity index (χ4v) is 4.37. The highest BCUT2D eigenvalue weighted by Crippen LogP contribution is 2.35. The summed E-state index contributed by atoms with van der Waals surface area (Å²) in [6.07, 6.45) is 2.05. The third kappa shape index (κ3) is 4.41. The van der Waals surface area contributed by atoms with Gasteiger partial charge in [-0.05, 0) is 67.5 Å². The molecule has 4 rings (SSSR count). The summed E-state index contributed by atoms with van der Waals surface area (Å²) in [7, 11) is -3.94. The molecule has 1 aliphatic rings. The Balaban J connectivity index is 1.47. The maximum atomic E-state index is 13.0. The molecule has 1 aromatic heterocycles. The van der Waals surface area contributed by atoms with Crippen LogP contribution < -0.4 is 10.0 Å². The van der Waals surface area contributed by atoms with E-state index in [1.807, 2.05) is 4.57 Å². The fraction of sp³-hybridized carbons (Fsp3) is 0.211. The van der Waals surface area contributed by atoms with Gasteiger partial charge >= 0.3 is 0 Å². The molecule has 0 spiro atoms. The van der Waals surface area contributed by atoms with Crippen molar-refractivity contribution in [3.8, 4) is 0 Å². The van der Waals surface area contributed by atoms with Gasteiger partial charge in [-0.3, -0.25) is 19.2 Å². The van der Waals surface area contributed by atoms with Crippen LogP contribution in [0.25, 0.3) is 0 Å². The van der Waals surface area contributed by atoms with Gasteiger partial charge in [-0.2, -0.15) is 5.10 Å². The van der Waals surface area contributed by atoms with E-state index in [2.05, 4.69) is 20.2 Å². The highest BCUT2D eigenvalue weighted by atomic mass is 32.2. The standard InChI is InChI=1S/C19H18FN5O3S2/c20-13-4-6-14(7-5-13)24-30(27,28)16-3-1-2-12(10-16)18(26)21-11-17-22-23-19(29)25(17)15-8-9-15/h1-7,10,15,24H,8-9,11H2,(H,21,26)(H,23,29). The molecule has 1 aliphatic carbocycles. The summed E-state index contributed by atoms with van der Waals surface area (Å²) in [5.41, 5.74) is 0.401. The van der Waals surface area contributed by atoms with Gasteiger partial charge in [0, 0.05) is 17.3 Å². The van der Waals surface area contributed by atoms with E-state index >= 15 is 0 Å². The molecule has 0 bridgehead atoms. The molecular weight excluding hydrogens is 429 g/mol. The highest BCUT2D eigenvalue weighted by Gasteiger charge is 2.27. The Bertz CT molecular complexity index is 1250. The second kappa shape index (κ2) is 8.00.